The Morgan fingerprint density at radius 1 is 0.855 bits per heavy atom. The topological polar surface area (TPSA) is 142 Å². The summed E-state index contributed by atoms with van der Waals surface area (Å²) in [6, 6.07) is 9.35. The molecule has 1 aliphatic carbocycles. The van der Waals surface area contributed by atoms with Crippen LogP contribution in [0.15, 0.2) is 48.8 Å². The molecule has 4 aromatic rings. The summed E-state index contributed by atoms with van der Waals surface area (Å²) in [4.78, 5) is 80.7. The van der Waals surface area contributed by atoms with Crippen LogP contribution >= 0.6 is 11.6 Å². The summed E-state index contributed by atoms with van der Waals surface area (Å²) in [6.07, 6.45) is 7.09. The van der Waals surface area contributed by atoms with Crippen LogP contribution in [0.2, 0.25) is 5.02 Å². The number of rotatable bonds is 9. The van der Waals surface area contributed by atoms with Gasteiger partial charge in [-0.05, 0) is 80.1 Å². The number of nitrogens with zero attached hydrogens (tertiary/aromatic N) is 6. The Balaban J connectivity index is 0.767. The lowest BCUT2D eigenvalue weighted by Crippen LogP contribution is -2.54. The second-order valence-corrected chi connectivity index (χ2v) is 15.5. The molecule has 55 heavy (non-hydrogen) atoms. The van der Waals surface area contributed by atoms with Gasteiger partial charge in [-0.2, -0.15) is 0 Å². The van der Waals surface area contributed by atoms with E-state index in [0.29, 0.717) is 50.2 Å². The molecular weight excluding hydrogens is 727 g/mol. The van der Waals surface area contributed by atoms with Crippen LogP contribution in [0.25, 0.3) is 22.2 Å². The minimum Gasteiger partial charge on any atom is -0.367 e. The van der Waals surface area contributed by atoms with Crippen molar-refractivity contribution in [1.29, 1.82) is 0 Å². The van der Waals surface area contributed by atoms with E-state index >= 15 is 4.39 Å². The van der Waals surface area contributed by atoms with Gasteiger partial charge in [-0.15, -0.1) is 0 Å². The van der Waals surface area contributed by atoms with E-state index in [4.69, 9.17) is 11.6 Å². The summed E-state index contributed by atoms with van der Waals surface area (Å²) < 4.78 is 15.4. The molecule has 4 aliphatic heterocycles. The minimum absolute atomic E-state index is 0.0146. The van der Waals surface area contributed by atoms with Crippen LogP contribution < -0.4 is 15.1 Å². The fraction of sp³-hybridized carbons (Fsp3) is 0.400. The first-order valence-corrected chi connectivity index (χ1v) is 19.3. The number of piperazine rings is 2. The quantitative estimate of drug-likeness (QED) is 0.240. The normalized spacial score (nSPS) is 21.2. The van der Waals surface area contributed by atoms with E-state index in [9.17, 15) is 24.0 Å². The summed E-state index contributed by atoms with van der Waals surface area (Å²) in [5.41, 5.74) is 4.89. The molecule has 4 fully saturated rings. The molecule has 5 amide bonds. The van der Waals surface area contributed by atoms with Crippen molar-refractivity contribution in [2.45, 2.75) is 44.1 Å². The lowest BCUT2D eigenvalue weighted by molar-refractivity contribution is -0.136. The number of imide groups is 2. The van der Waals surface area contributed by atoms with Gasteiger partial charge in [0.1, 0.15) is 17.5 Å². The van der Waals surface area contributed by atoms with Gasteiger partial charge < -0.3 is 14.8 Å². The number of piperidine rings is 1. The van der Waals surface area contributed by atoms with Crippen molar-refractivity contribution in [2.75, 3.05) is 68.7 Å². The van der Waals surface area contributed by atoms with Crippen molar-refractivity contribution in [3.63, 3.8) is 0 Å². The van der Waals surface area contributed by atoms with E-state index in [2.05, 4.69) is 25.1 Å². The Morgan fingerprint density at radius 2 is 1.60 bits per heavy atom. The standard InChI is InChI=1S/C40H40ClFN8O5/c41-36-29(21-44-37-35(36)28(20-43-37)23-5-6-23)24-3-1-4-25(17-24)49-16-13-47(22-34(49)52)10-2-9-46-11-14-48(15-12-46)32-19-27-26(18-30(32)42)39(54)50(40(27)55)31-7-8-33(51)45-38(31)53/h1,3-4,17-21,23,31H,2,5-16,22H2,(H,43,44)(H,45,51,53). The maximum atomic E-state index is 15.4. The number of anilines is 2. The Bertz CT molecular complexity index is 2270. The maximum absolute atomic E-state index is 15.4. The summed E-state index contributed by atoms with van der Waals surface area (Å²) in [7, 11) is 0. The second-order valence-electron chi connectivity index (χ2n) is 15.1. The van der Waals surface area contributed by atoms with Gasteiger partial charge in [0.25, 0.3) is 11.8 Å². The molecule has 1 atom stereocenters. The monoisotopic (exact) mass is 766 g/mol. The van der Waals surface area contributed by atoms with Crippen molar-refractivity contribution >= 4 is 63.5 Å². The molecule has 15 heteroatoms. The summed E-state index contributed by atoms with van der Waals surface area (Å²) in [5.74, 6) is -2.55. The van der Waals surface area contributed by atoms with Crippen LogP contribution in [0.5, 0.6) is 0 Å². The highest BCUT2D eigenvalue weighted by molar-refractivity contribution is 6.38. The molecule has 9 rings (SSSR count). The second kappa shape index (κ2) is 14.2. The number of aromatic amines is 1. The van der Waals surface area contributed by atoms with E-state index in [1.54, 1.807) is 6.20 Å². The molecular formula is C40H40ClFN8O5. The predicted octanol–water partition coefficient (Wildman–Crippen LogP) is 4.16. The molecule has 0 spiro atoms. The van der Waals surface area contributed by atoms with Crippen molar-refractivity contribution in [3.05, 3.63) is 76.3 Å². The maximum Gasteiger partial charge on any atom is 0.262 e. The molecule has 2 aromatic heterocycles. The van der Waals surface area contributed by atoms with E-state index in [1.165, 1.54) is 24.5 Å². The third-order valence-corrected chi connectivity index (χ3v) is 12.0. The van der Waals surface area contributed by atoms with Crippen LogP contribution in [-0.2, 0) is 14.4 Å². The zero-order valence-electron chi connectivity index (χ0n) is 30.2. The molecule has 2 N–H and O–H groups in total. The number of amides is 5. The van der Waals surface area contributed by atoms with E-state index in [0.717, 1.165) is 64.9 Å². The van der Waals surface area contributed by atoms with Gasteiger partial charge in [0.2, 0.25) is 17.7 Å². The van der Waals surface area contributed by atoms with Gasteiger partial charge in [0.05, 0.1) is 28.4 Å². The highest BCUT2D eigenvalue weighted by atomic mass is 35.5. The largest absolute Gasteiger partial charge is 0.367 e. The molecule has 13 nitrogen and oxygen atoms in total. The average molecular weight is 767 g/mol. The fourth-order valence-corrected chi connectivity index (χ4v) is 8.83. The number of nitrogens with one attached hydrogen (secondary N) is 2. The summed E-state index contributed by atoms with van der Waals surface area (Å²) in [6.45, 7) is 5.72. The molecule has 5 aliphatic rings. The van der Waals surface area contributed by atoms with Crippen molar-refractivity contribution < 1.29 is 28.4 Å². The smallest absolute Gasteiger partial charge is 0.262 e. The Hall–Kier alpha value is -5.18. The van der Waals surface area contributed by atoms with E-state index in [-0.39, 0.29) is 35.6 Å². The number of carbonyl (C=O) groups excluding carboxylic acids is 5. The van der Waals surface area contributed by atoms with Crippen LogP contribution in [-0.4, -0.2) is 119 Å². The Morgan fingerprint density at radius 3 is 2.35 bits per heavy atom. The first-order valence-electron chi connectivity index (χ1n) is 19.0. The lowest BCUT2D eigenvalue weighted by atomic mass is 10.0. The Labute approximate surface area is 321 Å². The third kappa shape index (κ3) is 6.55. The number of fused-ring (bicyclic) bond motifs is 2. The van der Waals surface area contributed by atoms with Gasteiger partial charge in [-0.25, -0.2) is 9.37 Å². The third-order valence-electron chi connectivity index (χ3n) is 11.6. The first-order chi connectivity index (χ1) is 26.6. The molecule has 1 saturated carbocycles. The van der Waals surface area contributed by atoms with Gasteiger partial charge in [0, 0.05) is 74.7 Å². The number of H-pyrrole nitrogens is 1. The number of carbonyl (C=O) groups is 5. The highest BCUT2D eigenvalue weighted by Crippen LogP contribution is 2.46. The molecule has 2 aromatic carbocycles. The van der Waals surface area contributed by atoms with Gasteiger partial charge in [-0.3, -0.25) is 44.0 Å². The highest BCUT2D eigenvalue weighted by Gasteiger charge is 2.45. The fourth-order valence-electron chi connectivity index (χ4n) is 8.48. The molecule has 0 bridgehead atoms. The van der Waals surface area contributed by atoms with Crippen LogP contribution in [0, 0.1) is 5.82 Å². The number of hydrogen-bond donors (Lipinski definition) is 2. The summed E-state index contributed by atoms with van der Waals surface area (Å²) >= 11 is 6.98. The number of aromatic nitrogens is 2. The zero-order valence-corrected chi connectivity index (χ0v) is 30.9. The first kappa shape index (κ1) is 35.5. The molecule has 3 saturated heterocycles. The van der Waals surface area contributed by atoms with Gasteiger partial charge in [0.15, 0.2) is 0 Å². The summed E-state index contributed by atoms with van der Waals surface area (Å²) in [5, 5.41) is 3.85. The van der Waals surface area contributed by atoms with E-state index in [1.807, 2.05) is 40.3 Å². The minimum atomic E-state index is -1.10. The van der Waals surface area contributed by atoms with Crippen LogP contribution in [0.1, 0.15) is 64.3 Å². The van der Waals surface area contributed by atoms with Gasteiger partial charge in [-0.1, -0.05) is 23.7 Å². The Kier molecular flexibility index (Phi) is 9.14. The molecule has 0 radical (unpaired) electrons. The number of halogens is 2. The van der Waals surface area contributed by atoms with Crippen molar-refractivity contribution in [3.8, 4) is 11.1 Å². The lowest BCUT2D eigenvalue weighted by Gasteiger charge is -2.37. The average Bonchev–Trinajstić information content (AvgIpc) is 3.88. The molecule has 1 unspecified atom stereocenters. The number of benzene rings is 2. The van der Waals surface area contributed by atoms with E-state index < -0.39 is 35.5 Å². The van der Waals surface area contributed by atoms with Crippen molar-refractivity contribution in [1.82, 2.24) is 30.0 Å². The molecule has 6 heterocycles. The number of hydrogen-bond acceptors (Lipinski definition) is 9. The van der Waals surface area contributed by atoms with Crippen molar-refractivity contribution in [2.24, 2.45) is 0 Å². The number of pyridine rings is 1. The zero-order chi connectivity index (χ0) is 38.0. The predicted molar refractivity (Wildman–Crippen MR) is 204 cm³/mol. The van der Waals surface area contributed by atoms with Gasteiger partial charge >= 0.3 is 0 Å². The SMILES string of the molecule is O=C1CCC(N2C(=O)c3cc(F)c(N4CCN(CCCN5CCN(c6cccc(-c7cnc8[nH]cc(C9CC9)c8c7Cl)c6)C(=O)C5)CC4)cc3C2=O)C(=O)N1. The van der Waals surface area contributed by atoms with Crippen LogP contribution in [0.3, 0.4) is 0 Å². The molecule has 284 valence electrons. The van der Waals surface area contributed by atoms with Crippen LogP contribution in [0.4, 0.5) is 15.8 Å².